The van der Waals surface area contributed by atoms with Crippen molar-refractivity contribution < 1.29 is 4.74 Å². The van der Waals surface area contributed by atoms with Crippen LogP contribution in [0, 0.1) is 0 Å². The van der Waals surface area contributed by atoms with E-state index in [0.29, 0.717) is 6.04 Å². The summed E-state index contributed by atoms with van der Waals surface area (Å²) in [5.74, 6) is 1.04. The fourth-order valence-electron chi connectivity index (χ4n) is 3.45. The summed E-state index contributed by atoms with van der Waals surface area (Å²) < 4.78 is 8.32. The molecule has 0 radical (unpaired) electrons. The zero-order valence-corrected chi connectivity index (χ0v) is 12.2. The quantitative estimate of drug-likeness (QED) is 0.941. The normalized spacial score (nSPS) is 24.6. The van der Waals surface area contributed by atoms with Crippen LogP contribution in [0.2, 0.25) is 0 Å². The monoisotopic (exact) mass is 283 g/mol. The summed E-state index contributed by atoms with van der Waals surface area (Å²) in [6, 6.07) is 8.79. The number of para-hydroxylation sites is 1. The molecule has 110 valence electrons. The van der Waals surface area contributed by atoms with Crippen LogP contribution in [0.15, 0.2) is 36.8 Å². The highest BCUT2D eigenvalue weighted by atomic mass is 16.5. The van der Waals surface area contributed by atoms with Crippen molar-refractivity contribution in [3.63, 3.8) is 0 Å². The van der Waals surface area contributed by atoms with Gasteiger partial charge < -0.3 is 14.6 Å². The minimum atomic E-state index is 0.221. The van der Waals surface area contributed by atoms with Crippen molar-refractivity contribution in [2.24, 2.45) is 0 Å². The van der Waals surface area contributed by atoms with Gasteiger partial charge >= 0.3 is 0 Å². The first-order valence-electron chi connectivity index (χ1n) is 7.88. The van der Waals surface area contributed by atoms with Crippen molar-refractivity contribution in [2.45, 2.75) is 44.4 Å². The smallest absolute Gasteiger partial charge is 0.123 e. The average molecular weight is 283 g/mol. The SMILES string of the molecule is c1ccc2c(c1)CC(Cn1cncc1C1CCCCN1)O2. The van der Waals surface area contributed by atoms with Gasteiger partial charge in [-0.2, -0.15) is 0 Å². The van der Waals surface area contributed by atoms with Gasteiger partial charge in [0.1, 0.15) is 11.9 Å². The van der Waals surface area contributed by atoms with Crippen molar-refractivity contribution in [1.29, 1.82) is 0 Å². The lowest BCUT2D eigenvalue weighted by Crippen LogP contribution is -2.30. The van der Waals surface area contributed by atoms with Crippen LogP contribution in [0.4, 0.5) is 0 Å². The molecule has 1 fully saturated rings. The number of benzene rings is 1. The molecule has 0 bridgehead atoms. The van der Waals surface area contributed by atoms with Crippen LogP contribution < -0.4 is 10.1 Å². The Hall–Kier alpha value is -1.81. The fourth-order valence-corrected chi connectivity index (χ4v) is 3.45. The molecular weight excluding hydrogens is 262 g/mol. The van der Waals surface area contributed by atoms with Crippen molar-refractivity contribution in [3.8, 4) is 5.75 Å². The van der Waals surface area contributed by atoms with E-state index < -0.39 is 0 Å². The van der Waals surface area contributed by atoms with Crippen molar-refractivity contribution >= 4 is 0 Å². The summed E-state index contributed by atoms with van der Waals surface area (Å²) in [5.41, 5.74) is 2.62. The third-order valence-corrected chi connectivity index (χ3v) is 4.53. The molecule has 4 nitrogen and oxygen atoms in total. The van der Waals surface area contributed by atoms with Gasteiger partial charge in [0.2, 0.25) is 0 Å². The first-order chi connectivity index (χ1) is 10.4. The van der Waals surface area contributed by atoms with Crippen LogP contribution in [0.5, 0.6) is 5.75 Å². The van der Waals surface area contributed by atoms with E-state index in [1.807, 2.05) is 18.6 Å². The van der Waals surface area contributed by atoms with Gasteiger partial charge in [-0.05, 0) is 31.0 Å². The van der Waals surface area contributed by atoms with E-state index in [2.05, 4.69) is 33.1 Å². The number of piperidine rings is 1. The molecule has 2 atom stereocenters. The summed E-state index contributed by atoms with van der Waals surface area (Å²) >= 11 is 0. The van der Waals surface area contributed by atoms with E-state index in [9.17, 15) is 0 Å². The molecule has 2 unspecified atom stereocenters. The maximum absolute atomic E-state index is 6.05. The standard InChI is InChI=1S/C17H21N3O/c1-2-7-17-13(5-1)9-14(21-17)11-20-12-18-10-16(20)15-6-3-4-8-19-15/h1-2,5,7,10,12,14-15,19H,3-4,6,8-9,11H2. The molecular formula is C17H21N3O. The number of hydrogen-bond acceptors (Lipinski definition) is 3. The van der Waals surface area contributed by atoms with Crippen LogP contribution in [-0.2, 0) is 13.0 Å². The number of nitrogens with one attached hydrogen (secondary N) is 1. The molecule has 0 saturated carbocycles. The van der Waals surface area contributed by atoms with Gasteiger partial charge in [0, 0.05) is 18.7 Å². The van der Waals surface area contributed by atoms with Crippen LogP contribution in [-0.4, -0.2) is 22.2 Å². The Labute approximate surface area is 125 Å². The van der Waals surface area contributed by atoms with Crippen molar-refractivity contribution in [2.75, 3.05) is 6.54 Å². The molecule has 1 saturated heterocycles. The van der Waals surface area contributed by atoms with E-state index in [0.717, 1.165) is 25.3 Å². The molecule has 1 aromatic carbocycles. The second-order valence-electron chi connectivity index (χ2n) is 6.03. The highest BCUT2D eigenvalue weighted by Gasteiger charge is 2.25. The van der Waals surface area contributed by atoms with Gasteiger partial charge in [0.25, 0.3) is 0 Å². The van der Waals surface area contributed by atoms with Gasteiger partial charge in [-0.3, -0.25) is 0 Å². The molecule has 3 heterocycles. The summed E-state index contributed by atoms with van der Waals surface area (Å²) in [4.78, 5) is 4.36. The molecule has 4 rings (SSSR count). The van der Waals surface area contributed by atoms with Gasteiger partial charge in [-0.25, -0.2) is 4.98 Å². The first-order valence-corrected chi connectivity index (χ1v) is 7.88. The number of rotatable bonds is 3. The molecule has 0 spiro atoms. The third-order valence-electron chi connectivity index (χ3n) is 4.53. The first kappa shape index (κ1) is 12.9. The molecule has 2 aliphatic heterocycles. The minimum absolute atomic E-state index is 0.221. The lowest BCUT2D eigenvalue weighted by Gasteiger charge is -2.25. The Morgan fingerprint density at radius 2 is 2.24 bits per heavy atom. The molecule has 1 aromatic heterocycles. The van der Waals surface area contributed by atoms with Gasteiger partial charge in [0.05, 0.1) is 18.6 Å². The Morgan fingerprint density at radius 3 is 3.10 bits per heavy atom. The van der Waals surface area contributed by atoms with Gasteiger partial charge in [0.15, 0.2) is 0 Å². The number of aromatic nitrogens is 2. The second kappa shape index (κ2) is 5.53. The fraction of sp³-hybridized carbons (Fsp3) is 0.471. The lowest BCUT2D eigenvalue weighted by molar-refractivity contribution is 0.205. The number of nitrogens with zero attached hydrogens (tertiary/aromatic N) is 2. The largest absolute Gasteiger partial charge is 0.488 e. The maximum atomic E-state index is 6.05. The highest BCUT2D eigenvalue weighted by Crippen LogP contribution is 2.30. The van der Waals surface area contributed by atoms with Crippen LogP contribution in [0.25, 0.3) is 0 Å². The molecule has 0 amide bonds. The molecule has 21 heavy (non-hydrogen) atoms. The Bertz CT molecular complexity index is 591. The van der Waals surface area contributed by atoms with Crippen LogP contribution in [0.1, 0.15) is 36.6 Å². The number of imidazole rings is 1. The average Bonchev–Trinajstić information content (AvgIpc) is 3.14. The second-order valence-corrected chi connectivity index (χ2v) is 6.03. The highest BCUT2D eigenvalue weighted by molar-refractivity contribution is 5.37. The number of ether oxygens (including phenoxy) is 1. The third kappa shape index (κ3) is 2.56. The number of hydrogen-bond donors (Lipinski definition) is 1. The van der Waals surface area contributed by atoms with Crippen molar-refractivity contribution in [3.05, 3.63) is 48.0 Å². The molecule has 4 heteroatoms. The Kier molecular flexibility index (Phi) is 3.39. The molecule has 1 N–H and O–H groups in total. The Balaban J connectivity index is 1.48. The van der Waals surface area contributed by atoms with E-state index in [1.165, 1.54) is 30.5 Å². The summed E-state index contributed by atoms with van der Waals surface area (Å²) in [5, 5.41) is 3.60. The maximum Gasteiger partial charge on any atom is 0.123 e. The van der Waals surface area contributed by atoms with Crippen LogP contribution >= 0.6 is 0 Å². The summed E-state index contributed by atoms with van der Waals surface area (Å²) in [7, 11) is 0. The zero-order valence-electron chi connectivity index (χ0n) is 12.2. The summed E-state index contributed by atoms with van der Waals surface area (Å²) in [6.07, 6.45) is 8.95. The predicted octanol–water partition coefficient (Wildman–Crippen LogP) is 2.70. The van der Waals surface area contributed by atoms with E-state index in [4.69, 9.17) is 4.74 Å². The van der Waals surface area contributed by atoms with Crippen molar-refractivity contribution in [1.82, 2.24) is 14.9 Å². The Morgan fingerprint density at radius 1 is 1.29 bits per heavy atom. The lowest BCUT2D eigenvalue weighted by atomic mass is 10.0. The van der Waals surface area contributed by atoms with E-state index in [1.54, 1.807) is 0 Å². The van der Waals surface area contributed by atoms with Crippen LogP contribution in [0.3, 0.4) is 0 Å². The molecule has 2 aromatic rings. The van der Waals surface area contributed by atoms with Gasteiger partial charge in [-0.15, -0.1) is 0 Å². The molecule has 0 aliphatic carbocycles. The minimum Gasteiger partial charge on any atom is -0.488 e. The predicted molar refractivity (Wildman–Crippen MR) is 81.4 cm³/mol. The van der Waals surface area contributed by atoms with E-state index in [-0.39, 0.29) is 6.10 Å². The topological polar surface area (TPSA) is 39.1 Å². The summed E-state index contributed by atoms with van der Waals surface area (Å²) in [6.45, 7) is 1.99. The molecule has 2 aliphatic rings. The zero-order chi connectivity index (χ0) is 14.1. The van der Waals surface area contributed by atoms with E-state index >= 15 is 0 Å². The van der Waals surface area contributed by atoms with Gasteiger partial charge in [-0.1, -0.05) is 24.6 Å². The number of fused-ring (bicyclic) bond motifs is 1.